The zero-order chi connectivity index (χ0) is 17.9. The molecule has 5 heteroatoms. The first-order valence-corrected chi connectivity index (χ1v) is 9.63. The summed E-state index contributed by atoms with van der Waals surface area (Å²) in [6.07, 6.45) is 0.978. The molecule has 0 amide bonds. The van der Waals surface area contributed by atoms with E-state index >= 15 is 0 Å². The van der Waals surface area contributed by atoms with Gasteiger partial charge in [-0.25, -0.2) is 4.79 Å². The summed E-state index contributed by atoms with van der Waals surface area (Å²) in [6.45, 7) is 8.47. The molecule has 2 aromatic rings. The number of benzene rings is 1. The Hall–Kier alpha value is -1.77. The zero-order valence-corrected chi connectivity index (χ0v) is 16.0. The van der Waals surface area contributed by atoms with E-state index in [0.29, 0.717) is 11.1 Å². The van der Waals surface area contributed by atoms with E-state index in [1.54, 1.807) is 11.8 Å². The molecule has 24 heavy (non-hydrogen) atoms. The van der Waals surface area contributed by atoms with Crippen LogP contribution >= 0.6 is 23.1 Å². The van der Waals surface area contributed by atoms with Crippen molar-refractivity contribution in [2.24, 2.45) is 0 Å². The lowest BCUT2D eigenvalue weighted by molar-refractivity contribution is 0.0703. The monoisotopic (exact) mass is 359 g/mol. The van der Waals surface area contributed by atoms with Crippen LogP contribution in [0.5, 0.6) is 0 Å². The van der Waals surface area contributed by atoms with E-state index in [1.165, 1.54) is 16.9 Å². The fraction of sp³-hybridized carbons (Fsp3) is 0.368. The normalized spacial score (nSPS) is 11.3. The van der Waals surface area contributed by atoms with Crippen molar-refractivity contribution >= 4 is 29.1 Å². The molecular formula is C19H21NO2S2. The van der Waals surface area contributed by atoms with Gasteiger partial charge in [-0.3, -0.25) is 0 Å². The standard InChI is InChI=1S/C19H21NO2S2/c1-5-10-23-18-14(11-20)15(16(24-18)17(21)22)12-6-8-13(9-7-12)19(2,3)4/h6-9H,5,10H2,1-4H3,(H,21,22). The van der Waals surface area contributed by atoms with Gasteiger partial charge in [-0.05, 0) is 28.7 Å². The molecule has 126 valence electrons. The molecule has 0 aliphatic heterocycles. The molecule has 0 aliphatic rings. The van der Waals surface area contributed by atoms with E-state index in [1.807, 2.05) is 24.3 Å². The third kappa shape index (κ3) is 3.82. The molecule has 3 nitrogen and oxygen atoms in total. The topological polar surface area (TPSA) is 61.1 Å². The lowest BCUT2D eigenvalue weighted by Gasteiger charge is -2.19. The van der Waals surface area contributed by atoms with Crippen molar-refractivity contribution in [2.75, 3.05) is 5.75 Å². The van der Waals surface area contributed by atoms with Crippen LogP contribution in [0, 0.1) is 11.3 Å². The third-order valence-electron chi connectivity index (χ3n) is 3.66. The van der Waals surface area contributed by atoms with E-state index in [4.69, 9.17) is 0 Å². The summed E-state index contributed by atoms with van der Waals surface area (Å²) in [7, 11) is 0. The van der Waals surface area contributed by atoms with Crippen molar-refractivity contribution in [3.8, 4) is 17.2 Å². The summed E-state index contributed by atoms with van der Waals surface area (Å²) >= 11 is 2.76. The van der Waals surface area contributed by atoms with Crippen molar-refractivity contribution in [1.82, 2.24) is 0 Å². The van der Waals surface area contributed by atoms with Gasteiger partial charge in [-0.1, -0.05) is 52.0 Å². The summed E-state index contributed by atoms with van der Waals surface area (Å²) in [5, 5.41) is 19.2. The molecule has 0 aliphatic carbocycles. The minimum absolute atomic E-state index is 0.0308. The lowest BCUT2D eigenvalue weighted by atomic mass is 9.86. The molecule has 1 aromatic carbocycles. The van der Waals surface area contributed by atoms with Gasteiger partial charge >= 0.3 is 5.97 Å². The predicted octanol–water partition coefficient (Wildman–Crippen LogP) is 5.78. The fourth-order valence-electron chi connectivity index (χ4n) is 2.37. The van der Waals surface area contributed by atoms with Gasteiger partial charge in [-0.2, -0.15) is 5.26 Å². The number of nitrogens with zero attached hydrogens (tertiary/aromatic N) is 1. The number of nitriles is 1. The number of thioether (sulfide) groups is 1. The molecule has 2 rings (SSSR count). The van der Waals surface area contributed by atoms with E-state index in [2.05, 4.69) is 33.8 Å². The first-order chi connectivity index (χ1) is 11.3. The van der Waals surface area contributed by atoms with E-state index in [9.17, 15) is 15.2 Å². The molecule has 1 aromatic heterocycles. The Morgan fingerprint density at radius 2 is 1.92 bits per heavy atom. The zero-order valence-electron chi connectivity index (χ0n) is 14.3. The van der Waals surface area contributed by atoms with Crippen LogP contribution in [-0.4, -0.2) is 16.8 Å². The number of aromatic carboxylic acids is 1. The minimum Gasteiger partial charge on any atom is -0.477 e. The molecule has 0 saturated heterocycles. The predicted molar refractivity (Wildman–Crippen MR) is 101 cm³/mol. The van der Waals surface area contributed by atoms with Gasteiger partial charge in [0.05, 0.1) is 9.77 Å². The van der Waals surface area contributed by atoms with Crippen molar-refractivity contribution < 1.29 is 9.90 Å². The van der Waals surface area contributed by atoms with Crippen LogP contribution in [0.4, 0.5) is 0 Å². The molecule has 0 unspecified atom stereocenters. The number of carboxylic acids is 1. The molecule has 0 saturated carbocycles. The number of hydrogen-bond acceptors (Lipinski definition) is 4. The molecular weight excluding hydrogens is 338 g/mol. The fourth-order valence-corrected chi connectivity index (χ4v) is 4.63. The smallest absolute Gasteiger partial charge is 0.346 e. The molecule has 1 heterocycles. The van der Waals surface area contributed by atoms with Crippen LogP contribution in [0.3, 0.4) is 0 Å². The average molecular weight is 360 g/mol. The maximum atomic E-state index is 11.7. The van der Waals surface area contributed by atoms with Crippen molar-refractivity contribution in [3.63, 3.8) is 0 Å². The van der Waals surface area contributed by atoms with Crippen LogP contribution in [0.2, 0.25) is 0 Å². The Bertz CT molecular complexity index is 777. The highest BCUT2D eigenvalue weighted by Gasteiger charge is 2.24. The minimum atomic E-state index is -0.977. The van der Waals surface area contributed by atoms with Gasteiger partial charge in [0, 0.05) is 5.56 Å². The number of carbonyl (C=O) groups is 1. The largest absolute Gasteiger partial charge is 0.477 e. The summed E-state index contributed by atoms with van der Waals surface area (Å²) < 4.78 is 0.798. The summed E-state index contributed by atoms with van der Waals surface area (Å²) in [5.41, 5.74) is 3.03. The van der Waals surface area contributed by atoms with E-state index < -0.39 is 5.97 Å². The number of rotatable bonds is 5. The van der Waals surface area contributed by atoms with Gasteiger partial charge in [0.2, 0.25) is 0 Å². The Labute approximate surface area is 151 Å². The summed E-state index contributed by atoms with van der Waals surface area (Å²) in [5.74, 6) is -0.105. The molecule has 0 atom stereocenters. The quantitative estimate of drug-likeness (QED) is 0.687. The van der Waals surface area contributed by atoms with Gasteiger partial charge in [0.15, 0.2) is 0 Å². The molecule has 0 spiro atoms. The maximum Gasteiger partial charge on any atom is 0.346 e. The first-order valence-electron chi connectivity index (χ1n) is 7.83. The van der Waals surface area contributed by atoms with Crippen molar-refractivity contribution in [1.29, 1.82) is 5.26 Å². The van der Waals surface area contributed by atoms with Crippen LogP contribution in [0.15, 0.2) is 28.5 Å². The SMILES string of the molecule is CCCSc1sc(C(=O)O)c(-c2ccc(C(C)(C)C)cc2)c1C#N. The van der Waals surface area contributed by atoms with Crippen molar-refractivity contribution in [2.45, 2.75) is 43.7 Å². The van der Waals surface area contributed by atoms with Crippen LogP contribution < -0.4 is 0 Å². The second-order valence-electron chi connectivity index (χ2n) is 6.56. The van der Waals surface area contributed by atoms with Crippen LogP contribution in [0.1, 0.15) is 54.9 Å². The van der Waals surface area contributed by atoms with E-state index in [0.717, 1.165) is 21.9 Å². The summed E-state index contributed by atoms with van der Waals surface area (Å²) in [6, 6.07) is 10.1. The number of hydrogen-bond donors (Lipinski definition) is 1. The van der Waals surface area contributed by atoms with Gasteiger partial charge in [0.25, 0.3) is 0 Å². The Balaban J connectivity index is 2.57. The Morgan fingerprint density at radius 3 is 2.38 bits per heavy atom. The highest BCUT2D eigenvalue weighted by Crippen LogP contribution is 2.42. The molecule has 0 radical (unpaired) electrons. The Kier molecular flexibility index (Phi) is 5.74. The second-order valence-corrected chi connectivity index (χ2v) is 8.95. The Morgan fingerprint density at radius 1 is 1.29 bits per heavy atom. The number of thiophene rings is 1. The van der Waals surface area contributed by atoms with Gasteiger partial charge in [0.1, 0.15) is 10.9 Å². The summed E-state index contributed by atoms with van der Waals surface area (Å²) in [4.78, 5) is 11.9. The second kappa shape index (κ2) is 7.42. The molecule has 0 fully saturated rings. The molecule has 0 bridgehead atoms. The maximum absolute atomic E-state index is 11.7. The van der Waals surface area contributed by atoms with Gasteiger partial charge < -0.3 is 5.11 Å². The highest BCUT2D eigenvalue weighted by molar-refractivity contribution is 8.01. The number of carboxylic acid groups (broad SMARTS) is 1. The lowest BCUT2D eigenvalue weighted by Crippen LogP contribution is -2.10. The third-order valence-corrected chi connectivity index (χ3v) is 6.31. The van der Waals surface area contributed by atoms with Crippen LogP contribution in [0.25, 0.3) is 11.1 Å². The highest BCUT2D eigenvalue weighted by atomic mass is 32.2. The van der Waals surface area contributed by atoms with Crippen molar-refractivity contribution in [3.05, 3.63) is 40.3 Å². The first kappa shape index (κ1) is 18.6. The van der Waals surface area contributed by atoms with Crippen LogP contribution in [-0.2, 0) is 5.41 Å². The molecule has 1 N–H and O–H groups in total. The average Bonchev–Trinajstić information content (AvgIpc) is 2.90. The van der Waals surface area contributed by atoms with Gasteiger partial charge in [-0.15, -0.1) is 23.1 Å². The van der Waals surface area contributed by atoms with E-state index in [-0.39, 0.29) is 10.3 Å².